The Balaban J connectivity index is 1.36. The molecule has 29 heavy (non-hydrogen) atoms. The smallest absolute Gasteiger partial charge is 0.417 e. The predicted molar refractivity (Wildman–Crippen MR) is 109 cm³/mol. The van der Waals surface area contributed by atoms with Crippen LogP contribution >= 0.6 is 0 Å². The molecule has 150 valence electrons. The lowest BCUT2D eigenvalue weighted by atomic mass is 9.89. The van der Waals surface area contributed by atoms with E-state index in [2.05, 4.69) is 29.2 Å². The van der Waals surface area contributed by atoms with E-state index in [1.807, 2.05) is 36.4 Å². The number of likely N-dealkylation sites (tertiary alicyclic amines) is 1. The maximum absolute atomic E-state index is 13.6. The van der Waals surface area contributed by atoms with Crippen molar-refractivity contribution < 1.29 is 14.3 Å². The molecule has 2 aliphatic heterocycles. The lowest BCUT2D eigenvalue weighted by molar-refractivity contribution is -0.134. The third-order valence-electron chi connectivity index (χ3n) is 6.53. The molecule has 0 N–H and O–H groups in total. The summed E-state index contributed by atoms with van der Waals surface area (Å²) in [6, 6.07) is 19.8. The monoisotopic (exact) mass is 390 g/mol. The van der Waals surface area contributed by atoms with Crippen LogP contribution in [0.15, 0.2) is 60.7 Å². The number of hydrogen-bond donors (Lipinski definition) is 0. The second-order valence-corrected chi connectivity index (χ2v) is 8.50. The number of benzene rings is 2. The van der Waals surface area contributed by atoms with Crippen molar-refractivity contribution in [3.63, 3.8) is 0 Å². The van der Waals surface area contributed by atoms with Crippen molar-refractivity contribution in [2.24, 2.45) is 17.8 Å². The van der Waals surface area contributed by atoms with Crippen molar-refractivity contribution in [1.82, 2.24) is 9.80 Å². The molecule has 2 aromatic carbocycles. The Labute approximate surface area is 171 Å². The van der Waals surface area contributed by atoms with Crippen LogP contribution in [0.2, 0.25) is 0 Å². The number of imide groups is 1. The second kappa shape index (κ2) is 7.64. The van der Waals surface area contributed by atoms with Crippen molar-refractivity contribution in [1.29, 1.82) is 0 Å². The van der Waals surface area contributed by atoms with Crippen molar-refractivity contribution in [3.05, 3.63) is 71.8 Å². The second-order valence-electron chi connectivity index (χ2n) is 8.50. The highest BCUT2D eigenvalue weighted by Crippen LogP contribution is 2.45. The van der Waals surface area contributed by atoms with E-state index < -0.39 is 6.09 Å². The molecule has 0 spiro atoms. The van der Waals surface area contributed by atoms with Crippen LogP contribution in [0.25, 0.3) is 0 Å². The molecule has 0 radical (unpaired) electrons. The summed E-state index contributed by atoms with van der Waals surface area (Å²) in [4.78, 5) is 29.8. The molecule has 2 saturated heterocycles. The van der Waals surface area contributed by atoms with Crippen LogP contribution in [0.3, 0.4) is 0 Å². The molecule has 3 aliphatic rings. The number of hydrogen-bond acceptors (Lipinski definition) is 4. The SMILES string of the molecule is O=C1OC[C@@H](c2ccccc2)N1C(=O)[C@H]1CN(Cc2ccccc2)C[C@@H]1C1CC1. The molecule has 1 saturated carbocycles. The van der Waals surface area contributed by atoms with E-state index in [4.69, 9.17) is 4.74 Å². The summed E-state index contributed by atoms with van der Waals surface area (Å²) in [5.41, 5.74) is 2.21. The first-order valence-electron chi connectivity index (χ1n) is 10.5. The number of ether oxygens (including phenoxy) is 1. The van der Waals surface area contributed by atoms with Crippen LogP contribution in [-0.2, 0) is 16.1 Å². The van der Waals surface area contributed by atoms with Gasteiger partial charge in [0, 0.05) is 19.6 Å². The van der Waals surface area contributed by atoms with E-state index in [0.29, 0.717) is 18.4 Å². The summed E-state index contributed by atoms with van der Waals surface area (Å²) in [5.74, 6) is 0.742. The maximum atomic E-state index is 13.6. The van der Waals surface area contributed by atoms with Crippen LogP contribution in [0.5, 0.6) is 0 Å². The number of rotatable bonds is 5. The largest absolute Gasteiger partial charge is 0.446 e. The fourth-order valence-electron chi connectivity index (χ4n) is 4.91. The Morgan fingerprint density at radius 2 is 1.66 bits per heavy atom. The van der Waals surface area contributed by atoms with Gasteiger partial charge in [0.15, 0.2) is 0 Å². The molecular formula is C24H26N2O3. The number of cyclic esters (lactones) is 1. The summed E-state index contributed by atoms with van der Waals surface area (Å²) in [7, 11) is 0. The Hall–Kier alpha value is -2.66. The molecule has 0 bridgehead atoms. The molecule has 5 rings (SSSR count). The third kappa shape index (κ3) is 3.67. The molecule has 0 aromatic heterocycles. The molecular weight excluding hydrogens is 364 g/mol. The molecule has 2 aromatic rings. The van der Waals surface area contributed by atoms with Crippen molar-refractivity contribution in [2.45, 2.75) is 25.4 Å². The van der Waals surface area contributed by atoms with Gasteiger partial charge in [-0.05, 0) is 35.8 Å². The summed E-state index contributed by atoms with van der Waals surface area (Å²) in [5, 5.41) is 0. The van der Waals surface area contributed by atoms with Crippen molar-refractivity contribution >= 4 is 12.0 Å². The average Bonchev–Trinajstić information content (AvgIpc) is 3.40. The van der Waals surface area contributed by atoms with E-state index in [1.54, 1.807) is 0 Å². The quantitative estimate of drug-likeness (QED) is 0.778. The zero-order valence-corrected chi connectivity index (χ0v) is 16.4. The molecule has 2 heterocycles. The topological polar surface area (TPSA) is 49.9 Å². The Kier molecular flexibility index (Phi) is 4.84. The van der Waals surface area contributed by atoms with Gasteiger partial charge in [-0.2, -0.15) is 0 Å². The lowest BCUT2D eigenvalue weighted by Gasteiger charge is -2.25. The van der Waals surface area contributed by atoms with Crippen LogP contribution in [0.1, 0.15) is 30.0 Å². The standard InChI is InChI=1S/C24H26N2O3/c27-23(26-22(16-29-24(26)28)19-9-5-2-6-10-19)21-15-25(14-20(21)18-11-12-18)13-17-7-3-1-4-8-17/h1-10,18,20-22H,11-16H2/t20-,21+,22+/m1/s1. The van der Waals surface area contributed by atoms with E-state index in [1.165, 1.54) is 23.3 Å². The minimum atomic E-state index is -0.500. The van der Waals surface area contributed by atoms with E-state index in [9.17, 15) is 9.59 Å². The molecule has 5 nitrogen and oxygen atoms in total. The molecule has 5 heteroatoms. The first-order valence-corrected chi connectivity index (χ1v) is 10.5. The maximum Gasteiger partial charge on any atom is 0.417 e. The van der Waals surface area contributed by atoms with E-state index >= 15 is 0 Å². The third-order valence-corrected chi connectivity index (χ3v) is 6.53. The number of carbonyl (C=O) groups excluding carboxylic acids is 2. The molecule has 1 aliphatic carbocycles. The first kappa shape index (κ1) is 18.4. The van der Waals surface area contributed by atoms with Crippen molar-refractivity contribution in [2.75, 3.05) is 19.7 Å². The van der Waals surface area contributed by atoms with Crippen LogP contribution in [-0.4, -0.2) is 41.5 Å². The fraction of sp³-hybridized carbons (Fsp3) is 0.417. The Morgan fingerprint density at radius 1 is 0.966 bits per heavy atom. The molecule has 2 amide bonds. The van der Waals surface area contributed by atoms with Gasteiger partial charge in [-0.1, -0.05) is 60.7 Å². The van der Waals surface area contributed by atoms with Crippen molar-refractivity contribution in [3.8, 4) is 0 Å². The molecule has 0 unspecified atom stereocenters. The van der Waals surface area contributed by atoms with Gasteiger partial charge in [-0.3, -0.25) is 9.69 Å². The zero-order chi connectivity index (χ0) is 19.8. The summed E-state index contributed by atoms with van der Waals surface area (Å²) in [6.07, 6.45) is 1.89. The van der Waals surface area contributed by atoms with E-state index in [0.717, 1.165) is 18.7 Å². The van der Waals surface area contributed by atoms with Gasteiger partial charge in [-0.25, -0.2) is 9.69 Å². The van der Waals surface area contributed by atoms with Gasteiger partial charge in [0.25, 0.3) is 0 Å². The Bertz CT molecular complexity index is 882. The van der Waals surface area contributed by atoms with Crippen LogP contribution in [0, 0.1) is 17.8 Å². The van der Waals surface area contributed by atoms with Gasteiger partial charge in [0.1, 0.15) is 12.6 Å². The minimum Gasteiger partial charge on any atom is -0.446 e. The Morgan fingerprint density at radius 3 is 2.34 bits per heavy atom. The highest BCUT2D eigenvalue weighted by atomic mass is 16.6. The normalized spacial score (nSPS) is 27.2. The van der Waals surface area contributed by atoms with Crippen LogP contribution in [0.4, 0.5) is 4.79 Å². The first-order chi connectivity index (χ1) is 14.2. The van der Waals surface area contributed by atoms with Gasteiger partial charge >= 0.3 is 6.09 Å². The minimum absolute atomic E-state index is 0.0613. The van der Waals surface area contributed by atoms with Gasteiger partial charge in [-0.15, -0.1) is 0 Å². The summed E-state index contributed by atoms with van der Waals surface area (Å²) in [6.45, 7) is 2.72. The lowest BCUT2D eigenvalue weighted by Crippen LogP contribution is -2.41. The average molecular weight is 390 g/mol. The fourth-order valence-corrected chi connectivity index (χ4v) is 4.91. The van der Waals surface area contributed by atoms with Crippen LogP contribution < -0.4 is 0 Å². The summed E-state index contributed by atoms with van der Waals surface area (Å²) < 4.78 is 5.30. The highest BCUT2D eigenvalue weighted by Gasteiger charge is 2.50. The number of carbonyl (C=O) groups is 2. The van der Waals surface area contributed by atoms with Gasteiger partial charge in [0.05, 0.1) is 5.92 Å². The molecule has 3 atom stereocenters. The predicted octanol–water partition coefficient (Wildman–Crippen LogP) is 3.86. The number of amides is 2. The van der Waals surface area contributed by atoms with E-state index in [-0.39, 0.29) is 24.5 Å². The summed E-state index contributed by atoms with van der Waals surface area (Å²) >= 11 is 0. The van der Waals surface area contributed by atoms with Gasteiger partial charge in [0.2, 0.25) is 5.91 Å². The number of nitrogens with zero attached hydrogens (tertiary/aromatic N) is 2. The zero-order valence-electron chi connectivity index (χ0n) is 16.4. The van der Waals surface area contributed by atoms with Gasteiger partial charge < -0.3 is 4.74 Å². The highest BCUT2D eigenvalue weighted by molar-refractivity contribution is 5.95. The molecule has 3 fully saturated rings.